The van der Waals surface area contributed by atoms with E-state index >= 15 is 0 Å². The maximum absolute atomic E-state index is 11.5. The van der Waals surface area contributed by atoms with Crippen LogP contribution in [0.25, 0.3) is 0 Å². The summed E-state index contributed by atoms with van der Waals surface area (Å²) in [5, 5.41) is -0.968. The Hall–Kier alpha value is -0.270. The van der Waals surface area contributed by atoms with Crippen LogP contribution in [0.4, 0.5) is 0 Å². The van der Waals surface area contributed by atoms with Crippen molar-refractivity contribution in [3.63, 3.8) is 0 Å². The van der Waals surface area contributed by atoms with E-state index in [-0.39, 0.29) is 6.47 Å². The average Bonchev–Trinajstić information content (AvgIpc) is 2.14. The first-order valence-corrected chi connectivity index (χ1v) is 7.03. The molecule has 0 saturated heterocycles. The van der Waals surface area contributed by atoms with Crippen LogP contribution in [0.1, 0.15) is 13.3 Å². The summed E-state index contributed by atoms with van der Waals surface area (Å²) < 4.78 is 27.4. The Bertz CT molecular complexity index is 265. The van der Waals surface area contributed by atoms with Gasteiger partial charge in [-0.2, -0.15) is 11.8 Å². The Morgan fingerprint density at radius 2 is 2.14 bits per heavy atom. The number of nitrogens with two attached hydrogens (primary N) is 1. The summed E-state index contributed by atoms with van der Waals surface area (Å²) in [5.74, 6) is 0.661. The van der Waals surface area contributed by atoms with Gasteiger partial charge in [0.05, 0.1) is 0 Å². The van der Waals surface area contributed by atoms with Gasteiger partial charge < -0.3 is 10.5 Å². The van der Waals surface area contributed by atoms with Crippen molar-refractivity contribution in [2.24, 2.45) is 5.73 Å². The predicted molar refractivity (Wildman–Crippen MR) is 56.5 cm³/mol. The molecule has 0 spiro atoms. The third-order valence-electron chi connectivity index (χ3n) is 1.74. The van der Waals surface area contributed by atoms with Gasteiger partial charge in [0.25, 0.3) is 6.47 Å². The average molecular weight is 241 g/mol. The van der Waals surface area contributed by atoms with E-state index in [4.69, 9.17) is 5.73 Å². The van der Waals surface area contributed by atoms with E-state index in [1.165, 1.54) is 18.7 Å². The highest BCUT2D eigenvalue weighted by atomic mass is 32.2. The van der Waals surface area contributed by atoms with Gasteiger partial charge in [-0.3, -0.25) is 4.79 Å². The van der Waals surface area contributed by atoms with E-state index < -0.39 is 20.6 Å². The lowest BCUT2D eigenvalue weighted by atomic mass is 10.5. The number of hydrogen-bond donors (Lipinski definition) is 1. The minimum absolute atomic E-state index is 0.115. The molecule has 0 aliphatic carbocycles. The van der Waals surface area contributed by atoms with Crippen molar-refractivity contribution in [2.45, 2.75) is 24.2 Å². The summed E-state index contributed by atoms with van der Waals surface area (Å²) in [6.45, 7) is 1.41. The normalized spacial score (nSPS) is 15.9. The highest BCUT2D eigenvalue weighted by molar-refractivity contribution is 7.98. The Morgan fingerprint density at radius 3 is 2.57 bits per heavy atom. The zero-order valence-corrected chi connectivity index (χ0v) is 9.81. The van der Waals surface area contributed by atoms with Gasteiger partial charge in [-0.1, -0.05) is 0 Å². The first kappa shape index (κ1) is 13.7. The van der Waals surface area contributed by atoms with Gasteiger partial charge in [-0.25, -0.2) is 8.42 Å². The van der Waals surface area contributed by atoms with Crippen LogP contribution < -0.4 is 5.73 Å². The lowest BCUT2D eigenvalue weighted by Gasteiger charge is -2.16. The van der Waals surface area contributed by atoms with E-state index in [9.17, 15) is 13.2 Å². The number of thioether (sulfide) groups is 1. The molecule has 0 saturated carbocycles. The topological polar surface area (TPSA) is 86.5 Å². The minimum atomic E-state index is -3.56. The summed E-state index contributed by atoms with van der Waals surface area (Å²) in [5.41, 5.74) is 4.30. The number of rotatable bonds is 7. The van der Waals surface area contributed by atoms with Gasteiger partial charge in [-0.15, -0.1) is 0 Å². The number of sulfone groups is 1. The zero-order valence-electron chi connectivity index (χ0n) is 8.17. The highest BCUT2D eigenvalue weighted by Crippen LogP contribution is 2.11. The van der Waals surface area contributed by atoms with Crippen LogP contribution in [0.15, 0.2) is 0 Å². The van der Waals surface area contributed by atoms with Crippen molar-refractivity contribution in [3.8, 4) is 0 Å². The van der Waals surface area contributed by atoms with E-state index in [0.717, 1.165) is 0 Å². The number of carbonyl (C=O) groups excluding carboxylic acids is 1. The second-order valence-corrected chi connectivity index (χ2v) is 6.14. The molecule has 2 atom stereocenters. The Balaban J connectivity index is 4.36. The smallest absolute Gasteiger partial charge is 0.294 e. The van der Waals surface area contributed by atoms with Gasteiger partial charge >= 0.3 is 0 Å². The molecule has 0 radical (unpaired) electrons. The van der Waals surface area contributed by atoms with Crippen LogP contribution in [-0.4, -0.2) is 37.7 Å². The van der Waals surface area contributed by atoms with Gasteiger partial charge in [0, 0.05) is 0 Å². The molecule has 14 heavy (non-hydrogen) atoms. The first-order chi connectivity index (χ1) is 6.46. The Labute approximate surface area is 88.3 Å². The quantitative estimate of drug-likeness (QED) is 0.629. The van der Waals surface area contributed by atoms with Crippen LogP contribution in [0.2, 0.25) is 0 Å². The number of ether oxygens (including phenoxy) is 1. The van der Waals surface area contributed by atoms with Crippen LogP contribution in [-0.2, 0) is 19.4 Å². The molecule has 0 aliphatic heterocycles. The number of hydrogen-bond acceptors (Lipinski definition) is 6. The molecule has 0 aliphatic rings. The monoisotopic (exact) mass is 241 g/mol. The fourth-order valence-corrected chi connectivity index (χ4v) is 2.58. The molecule has 1 unspecified atom stereocenters. The first-order valence-electron chi connectivity index (χ1n) is 4.03. The molecular weight excluding hydrogens is 226 g/mol. The Morgan fingerprint density at radius 1 is 1.57 bits per heavy atom. The molecule has 0 bridgehead atoms. The van der Waals surface area contributed by atoms with Gasteiger partial charge in [-0.05, 0) is 25.4 Å². The molecule has 84 valence electrons. The van der Waals surface area contributed by atoms with Crippen molar-refractivity contribution in [3.05, 3.63) is 0 Å². The van der Waals surface area contributed by atoms with Gasteiger partial charge in [0.1, 0.15) is 5.37 Å². The summed E-state index contributed by atoms with van der Waals surface area (Å²) in [4.78, 5) is 9.97. The molecule has 5 nitrogen and oxygen atoms in total. The second kappa shape index (κ2) is 6.26. The lowest BCUT2D eigenvalue weighted by molar-refractivity contribution is -0.129. The fraction of sp³-hybridized carbons (Fsp3) is 0.857. The van der Waals surface area contributed by atoms with Crippen molar-refractivity contribution in [1.29, 1.82) is 0 Å². The summed E-state index contributed by atoms with van der Waals surface area (Å²) in [7, 11) is -3.56. The van der Waals surface area contributed by atoms with Crippen LogP contribution >= 0.6 is 11.8 Å². The maximum atomic E-state index is 11.5. The van der Waals surface area contributed by atoms with Crippen molar-refractivity contribution in [1.82, 2.24) is 0 Å². The predicted octanol–water partition coefficient (Wildman–Crippen LogP) is -0.0419. The standard InChI is InChI=1S/C7H15NO4S2/c1-6(12-5-9)14(10,11)7(8)3-4-13-2/h5-7H,3-4,8H2,1-2H3/t6?,7-/m1/s1. The van der Waals surface area contributed by atoms with Gasteiger partial charge in [0.15, 0.2) is 0 Å². The van der Waals surface area contributed by atoms with E-state index in [2.05, 4.69) is 4.74 Å². The molecule has 0 aromatic carbocycles. The van der Waals surface area contributed by atoms with E-state index in [1.807, 2.05) is 6.26 Å². The van der Waals surface area contributed by atoms with Gasteiger partial charge in [0.2, 0.25) is 15.3 Å². The SMILES string of the molecule is CSCC[C@H](N)S(=O)(=O)C(C)OC=O. The van der Waals surface area contributed by atoms with Crippen molar-refractivity contribution < 1.29 is 17.9 Å². The minimum Gasteiger partial charge on any atom is -0.448 e. The lowest BCUT2D eigenvalue weighted by Crippen LogP contribution is -2.38. The second-order valence-electron chi connectivity index (χ2n) is 2.71. The molecule has 0 rings (SSSR count). The summed E-state index contributed by atoms with van der Waals surface area (Å²) >= 11 is 1.52. The molecule has 0 aromatic heterocycles. The zero-order chi connectivity index (χ0) is 11.2. The molecule has 0 fully saturated rings. The van der Waals surface area contributed by atoms with E-state index in [0.29, 0.717) is 12.2 Å². The Kier molecular flexibility index (Phi) is 6.14. The third-order valence-corrected chi connectivity index (χ3v) is 4.50. The summed E-state index contributed by atoms with van der Waals surface area (Å²) in [6.07, 6.45) is 2.22. The van der Waals surface area contributed by atoms with Crippen LogP contribution in [0.3, 0.4) is 0 Å². The molecule has 0 heterocycles. The van der Waals surface area contributed by atoms with E-state index in [1.54, 1.807) is 0 Å². The van der Waals surface area contributed by atoms with Crippen molar-refractivity contribution >= 4 is 28.1 Å². The molecule has 7 heteroatoms. The largest absolute Gasteiger partial charge is 0.448 e. The fourth-order valence-electron chi connectivity index (χ4n) is 0.800. The van der Waals surface area contributed by atoms with Crippen molar-refractivity contribution in [2.75, 3.05) is 12.0 Å². The summed E-state index contributed by atoms with van der Waals surface area (Å²) in [6, 6.07) is 0. The van der Waals surface area contributed by atoms with Crippen LogP contribution in [0, 0.1) is 0 Å². The number of carbonyl (C=O) groups is 1. The molecular formula is C7H15NO4S2. The molecule has 0 amide bonds. The molecule has 0 aromatic rings. The van der Waals surface area contributed by atoms with Crippen LogP contribution in [0.5, 0.6) is 0 Å². The third kappa shape index (κ3) is 3.85. The highest BCUT2D eigenvalue weighted by Gasteiger charge is 2.29. The maximum Gasteiger partial charge on any atom is 0.294 e. The molecule has 2 N–H and O–H groups in total.